The van der Waals surface area contributed by atoms with Gasteiger partial charge in [0.25, 0.3) is 0 Å². The second kappa shape index (κ2) is 5.20. The van der Waals surface area contributed by atoms with Crippen molar-refractivity contribution in [2.75, 3.05) is 5.33 Å². The first-order chi connectivity index (χ1) is 7.06. The summed E-state index contributed by atoms with van der Waals surface area (Å²) in [6, 6.07) is 0. The SMILES string of the molecule is Cc1noc(=O)n1CCC(F)=C(F)CBr. The zero-order valence-corrected chi connectivity index (χ0v) is 9.55. The predicted octanol–water partition coefficient (Wildman–Crippen LogP) is 2.08. The Kier molecular flexibility index (Phi) is 4.19. The highest BCUT2D eigenvalue weighted by molar-refractivity contribution is 9.09. The lowest BCUT2D eigenvalue weighted by Gasteiger charge is -2.00. The molecule has 0 aliphatic rings. The summed E-state index contributed by atoms with van der Waals surface area (Å²) < 4.78 is 31.1. The van der Waals surface area contributed by atoms with Crippen molar-refractivity contribution < 1.29 is 13.3 Å². The van der Waals surface area contributed by atoms with E-state index in [0.29, 0.717) is 5.82 Å². The predicted molar refractivity (Wildman–Crippen MR) is 53.2 cm³/mol. The second-order valence-corrected chi connectivity index (χ2v) is 3.40. The van der Waals surface area contributed by atoms with Crippen LogP contribution in [0.4, 0.5) is 8.78 Å². The Morgan fingerprint density at radius 1 is 1.53 bits per heavy atom. The van der Waals surface area contributed by atoms with Crippen molar-refractivity contribution in [3.63, 3.8) is 0 Å². The van der Waals surface area contributed by atoms with Gasteiger partial charge in [0, 0.05) is 13.0 Å². The van der Waals surface area contributed by atoms with Crippen LogP contribution in [0.5, 0.6) is 0 Å². The van der Waals surface area contributed by atoms with E-state index in [1.54, 1.807) is 6.92 Å². The Balaban J connectivity index is 2.70. The fourth-order valence-corrected chi connectivity index (χ4v) is 1.31. The highest BCUT2D eigenvalue weighted by atomic mass is 79.9. The molecule has 0 spiro atoms. The standard InChI is InChI=1S/C8H9BrF2N2O2/c1-5-12-15-8(14)13(5)3-2-6(10)7(11)4-9/h2-4H2,1H3. The van der Waals surface area contributed by atoms with Crippen molar-refractivity contribution in [2.45, 2.75) is 19.9 Å². The molecule has 0 aliphatic heterocycles. The number of aryl methyl sites for hydroxylation is 1. The first-order valence-electron chi connectivity index (χ1n) is 4.18. The van der Waals surface area contributed by atoms with Crippen LogP contribution in [0.25, 0.3) is 0 Å². The summed E-state index contributed by atoms with van der Waals surface area (Å²) in [5.41, 5.74) is 0. The molecule has 0 fully saturated rings. The number of rotatable bonds is 4. The molecule has 0 atom stereocenters. The molecule has 15 heavy (non-hydrogen) atoms. The average molecular weight is 283 g/mol. The maximum atomic E-state index is 13.0. The number of halogens is 3. The lowest BCUT2D eigenvalue weighted by atomic mass is 10.3. The minimum Gasteiger partial charge on any atom is -0.296 e. The highest BCUT2D eigenvalue weighted by Gasteiger charge is 2.09. The Morgan fingerprint density at radius 2 is 2.20 bits per heavy atom. The van der Waals surface area contributed by atoms with Crippen molar-refractivity contribution >= 4 is 15.9 Å². The van der Waals surface area contributed by atoms with Crippen molar-refractivity contribution in [2.24, 2.45) is 0 Å². The van der Waals surface area contributed by atoms with Crippen LogP contribution < -0.4 is 5.76 Å². The van der Waals surface area contributed by atoms with Gasteiger partial charge in [-0.2, -0.15) is 0 Å². The molecule has 1 aromatic rings. The van der Waals surface area contributed by atoms with Crippen molar-refractivity contribution in [3.8, 4) is 0 Å². The lowest BCUT2D eigenvalue weighted by Crippen LogP contribution is -2.16. The van der Waals surface area contributed by atoms with E-state index in [9.17, 15) is 13.6 Å². The zero-order chi connectivity index (χ0) is 11.4. The summed E-state index contributed by atoms with van der Waals surface area (Å²) in [6.45, 7) is 1.56. The van der Waals surface area contributed by atoms with Crippen LogP contribution in [0.1, 0.15) is 12.2 Å². The first kappa shape index (κ1) is 12.1. The van der Waals surface area contributed by atoms with Crippen LogP contribution >= 0.6 is 15.9 Å². The molecule has 0 N–H and O–H groups in total. The Bertz CT molecular complexity index is 425. The third-order valence-electron chi connectivity index (χ3n) is 1.83. The van der Waals surface area contributed by atoms with Gasteiger partial charge < -0.3 is 0 Å². The number of nitrogens with zero attached hydrogens (tertiary/aromatic N) is 2. The summed E-state index contributed by atoms with van der Waals surface area (Å²) in [7, 11) is 0. The van der Waals surface area contributed by atoms with Crippen LogP contribution in [0.15, 0.2) is 21.0 Å². The smallest absolute Gasteiger partial charge is 0.296 e. The Morgan fingerprint density at radius 3 is 2.67 bits per heavy atom. The van der Waals surface area contributed by atoms with E-state index in [1.807, 2.05) is 0 Å². The van der Waals surface area contributed by atoms with Crippen molar-refractivity contribution in [1.82, 2.24) is 9.72 Å². The van der Waals surface area contributed by atoms with Gasteiger partial charge in [0.15, 0.2) is 5.82 Å². The molecule has 0 amide bonds. The molecule has 84 valence electrons. The summed E-state index contributed by atoms with van der Waals surface area (Å²) in [5, 5.41) is 3.22. The molecule has 0 saturated carbocycles. The van der Waals surface area contributed by atoms with Gasteiger partial charge in [0.1, 0.15) is 11.7 Å². The number of hydrogen-bond donors (Lipinski definition) is 0. The van der Waals surface area contributed by atoms with E-state index in [0.717, 1.165) is 4.57 Å². The number of allylic oxidation sites excluding steroid dienone is 2. The summed E-state index contributed by atoms with van der Waals surface area (Å²) >= 11 is 2.79. The first-order valence-corrected chi connectivity index (χ1v) is 5.30. The van der Waals surface area contributed by atoms with Crippen LogP contribution in [0, 0.1) is 6.92 Å². The Labute approximate surface area is 92.7 Å². The van der Waals surface area contributed by atoms with Gasteiger partial charge in [-0.1, -0.05) is 21.1 Å². The van der Waals surface area contributed by atoms with Crippen molar-refractivity contribution in [3.05, 3.63) is 28.0 Å². The van der Waals surface area contributed by atoms with Gasteiger partial charge in [-0.15, -0.1) is 0 Å². The van der Waals surface area contributed by atoms with Gasteiger partial charge in [-0.3, -0.25) is 9.09 Å². The fourth-order valence-electron chi connectivity index (χ4n) is 1.01. The molecule has 1 rings (SSSR count). The number of aromatic nitrogens is 2. The number of alkyl halides is 1. The number of hydrogen-bond acceptors (Lipinski definition) is 3. The molecule has 0 aromatic carbocycles. The molecule has 4 nitrogen and oxygen atoms in total. The fraction of sp³-hybridized carbons (Fsp3) is 0.500. The minimum atomic E-state index is -0.876. The molecular weight excluding hydrogens is 274 g/mol. The highest BCUT2D eigenvalue weighted by Crippen LogP contribution is 2.14. The maximum absolute atomic E-state index is 13.0. The summed E-state index contributed by atoms with van der Waals surface area (Å²) in [5.74, 6) is -2.07. The lowest BCUT2D eigenvalue weighted by molar-refractivity contribution is 0.372. The molecule has 7 heteroatoms. The monoisotopic (exact) mass is 282 g/mol. The molecule has 0 saturated heterocycles. The molecule has 0 radical (unpaired) electrons. The van der Waals surface area contributed by atoms with E-state index in [2.05, 4.69) is 25.6 Å². The van der Waals surface area contributed by atoms with Crippen LogP contribution in [-0.4, -0.2) is 15.1 Å². The summed E-state index contributed by atoms with van der Waals surface area (Å²) in [6.07, 6.45) is -0.195. The van der Waals surface area contributed by atoms with Crippen LogP contribution in [-0.2, 0) is 6.54 Å². The zero-order valence-electron chi connectivity index (χ0n) is 7.97. The van der Waals surface area contributed by atoms with Gasteiger partial charge in [-0.25, -0.2) is 13.6 Å². The molecule has 0 aliphatic carbocycles. The molecular formula is C8H9BrF2N2O2. The van der Waals surface area contributed by atoms with E-state index in [-0.39, 0.29) is 18.3 Å². The molecule has 1 heterocycles. The Hall–Kier alpha value is -0.980. The molecule has 0 unspecified atom stereocenters. The quantitative estimate of drug-likeness (QED) is 0.795. The normalized spacial score (nSPS) is 12.8. The molecule has 0 bridgehead atoms. The summed E-state index contributed by atoms with van der Waals surface area (Å²) in [4.78, 5) is 11.0. The van der Waals surface area contributed by atoms with Crippen molar-refractivity contribution in [1.29, 1.82) is 0 Å². The van der Waals surface area contributed by atoms with E-state index in [4.69, 9.17) is 0 Å². The van der Waals surface area contributed by atoms with Crippen LogP contribution in [0.2, 0.25) is 0 Å². The van der Waals surface area contributed by atoms with Crippen LogP contribution in [0.3, 0.4) is 0 Å². The van der Waals surface area contributed by atoms with Gasteiger partial charge in [-0.05, 0) is 6.92 Å². The van der Waals surface area contributed by atoms with Gasteiger partial charge in [0.2, 0.25) is 0 Å². The third kappa shape index (κ3) is 2.98. The maximum Gasteiger partial charge on any atom is 0.441 e. The van der Waals surface area contributed by atoms with Gasteiger partial charge in [0.05, 0.1) is 5.33 Å². The topological polar surface area (TPSA) is 48.0 Å². The van der Waals surface area contributed by atoms with E-state index >= 15 is 0 Å². The van der Waals surface area contributed by atoms with E-state index in [1.165, 1.54) is 0 Å². The largest absolute Gasteiger partial charge is 0.441 e. The molecule has 1 aromatic heterocycles. The average Bonchev–Trinajstić information content (AvgIpc) is 2.54. The third-order valence-corrected chi connectivity index (χ3v) is 2.33. The van der Waals surface area contributed by atoms with Gasteiger partial charge >= 0.3 is 5.76 Å². The second-order valence-electron chi connectivity index (χ2n) is 2.84. The van der Waals surface area contributed by atoms with E-state index < -0.39 is 17.4 Å². The minimum absolute atomic E-state index is 0.0143.